The van der Waals surface area contributed by atoms with Crippen molar-refractivity contribution in [2.75, 3.05) is 4.90 Å². The van der Waals surface area contributed by atoms with E-state index < -0.39 is 0 Å². The summed E-state index contributed by atoms with van der Waals surface area (Å²) in [6, 6.07) is 13.6. The maximum absolute atomic E-state index is 12.4. The molecule has 4 rings (SSSR count). The molecule has 108 valence electrons. The number of pyridine rings is 1. The number of anilines is 1. The molecule has 4 heteroatoms. The van der Waals surface area contributed by atoms with Crippen LogP contribution in [0.25, 0.3) is 0 Å². The lowest BCUT2D eigenvalue weighted by Crippen LogP contribution is -2.47. The van der Waals surface area contributed by atoms with Crippen LogP contribution < -0.4 is 10.2 Å². The fourth-order valence-corrected chi connectivity index (χ4v) is 2.72. The molecule has 22 heavy (non-hydrogen) atoms. The number of nitrogens with zero attached hydrogens (tertiary/aromatic N) is 2. The Kier molecular flexibility index (Phi) is 3.05. The molecule has 0 saturated heterocycles. The van der Waals surface area contributed by atoms with E-state index in [2.05, 4.69) is 22.1 Å². The Morgan fingerprint density at radius 1 is 1.14 bits per heavy atom. The zero-order chi connectivity index (χ0) is 14.9. The van der Waals surface area contributed by atoms with E-state index in [1.54, 1.807) is 6.20 Å². The second kappa shape index (κ2) is 5.19. The van der Waals surface area contributed by atoms with Gasteiger partial charge in [-0.05, 0) is 37.0 Å². The van der Waals surface area contributed by atoms with Crippen LogP contribution in [-0.2, 0) is 0 Å². The lowest BCUT2D eigenvalue weighted by atomic mass is 10.0. The minimum atomic E-state index is -0.291. The van der Waals surface area contributed by atoms with Crippen molar-refractivity contribution in [2.24, 2.45) is 0 Å². The molecule has 1 atom stereocenters. The van der Waals surface area contributed by atoms with Crippen LogP contribution in [-0.4, -0.2) is 17.1 Å². The molecule has 1 aromatic carbocycles. The van der Waals surface area contributed by atoms with E-state index in [0.29, 0.717) is 11.7 Å². The lowest BCUT2D eigenvalue weighted by molar-refractivity contribution is 0.243. The van der Waals surface area contributed by atoms with Crippen LogP contribution >= 0.6 is 0 Å². The van der Waals surface area contributed by atoms with Gasteiger partial charge in [0, 0.05) is 17.8 Å². The molecule has 1 aliphatic heterocycles. The number of carbonyl (C=O) groups excluding carboxylic acids is 1. The number of nitrogens with one attached hydrogen (secondary N) is 1. The highest BCUT2D eigenvalue weighted by atomic mass is 16.2. The third kappa shape index (κ3) is 2.31. The van der Waals surface area contributed by atoms with Gasteiger partial charge in [0.15, 0.2) is 0 Å². The first-order valence-corrected chi connectivity index (χ1v) is 7.44. The SMILES string of the molecule is O=C1NC(C#Cc2ccccn2)c2ccccc2N1C1CC1. The number of rotatable bonds is 1. The number of benzene rings is 1. The highest BCUT2D eigenvalue weighted by Gasteiger charge is 2.39. The fourth-order valence-electron chi connectivity index (χ4n) is 2.72. The van der Waals surface area contributed by atoms with Gasteiger partial charge in [-0.15, -0.1) is 0 Å². The monoisotopic (exact) mass is 289 g/mol. The minimum absolute atomic E-state index is 0.0541. The number of hydrogen-bond acceptors (Lipinski definition) is 2. The summed E-state index contributed by atoms with van der Waals surface area (Å²) in [5.41, 5.74) is 2.74. The van der Waals surface area contributed by atoms with Gasteiger partial charge >= 0.3 is 6.03 Å². The summed E-state index contributed by atoms with van der Waals surface area (Å²) in [4.78, 5) is 18.5. The topological polar surface area (TPSA) is 45.2 Å². The van der Waals surface area contributed by atoms with Gasteiger partial charge in [0.05, 0.1) is 5.69 Å². The van der Waals surface area contributed by atoms with E-state index in [0.717, 1.165) is 24.1 Å². The molecule has 1 unspecified atom stereocenters. The number of fused-ring (bicyclic) bond motifs is 1. The third-order valence-electron chi connectivity index (χ3n) is 3.92. The molecule has 1 N–H and O–H groups in total. The first-order chi connectivity index (χ1) is 10.8. The van der Waals surface area contributed by atoms with Crippen molar-refractivity contribution in [3.05, 3.63) is 59.9 Å². The number of para-hydroxylation sites is 1. The van der Waals surface area contributed by atoms with E-state index in [1.165, 1.54) is 0 Å². The van der Waals surface area contributed by atoms with Gasteiger partial charge in [0.1, 0.15) is 11.7 Å². The summed E-state index contributed by atoms with van der Waals surface area (Å²) in [5.74, 6) is 6.17. The van der Waals surface area contributed by atoms with Gasteiger partial charge in [-0.1, -0.05) is 30.2 Å². The van der Waals surface area contributed by atoms with Gasteiger partial charge in [-0.25, -0.2) is 9.78 Å². The van der Waals surface area contributed by atoms with Gasteiger partial charge in [0.25, 0.3) is 0 Å². The zero-order valence-corrected chi connectivity index (χ0v) is 12.0. The van der Waals surface area contributed by atoms with Crippen molar-refractivity contribution in [1.29, 1.82) is 0 Å². The molecule has 2 aliphatic rings. The van der Waals surface area contributed by atoms with Crippen molar-refractivity contribution >= 4 is 11.7 Å². The van der Waals surface area contributed by atoms with Crippen LogP contribution in [0.3, 0.4) is 0 Å². The van der Waals surface area contributed by atoms with Crippen LogP contribution in [0.15, 0.2) is 48.7 Å². The fraction of sp³-hybridized carbons (Fsp3) is 0.222. The van der Waals surface area contributed by atoms with Crippen molar-refractivity contribution in [2.45, 2.75) is 24.9 Å². The Hall–Kier alpha value is -2.80. The van der Waals surface area contributed by atoms with E-state index >= 15 is 0 Å². The van der Waals surface area contributed by atoms with E-state index in [9.17, 15) is 4.79 Å². The Bertz CT molecular complexity index is 772. The van der Waals surface area contributed by atoms with Gasteiger partial charge in [-0.2, -0.15) is 0 Å². The van der Waals surface area contributed by atoms with Crippen molar-refractivity contribution in [3.8, 4) is 11.8 Å². The first-order valence-electron chi connectivity index (χ1n) is 7.44. The Morgan fingerprint density at radius 2 is 1.95 bits per heavy atom. The summed E-state index contributed by atoms with van der Waals surface area (Å²) in [7, 11) is 0. The molecular formula is C18H15N3O. The normalized spacial score (nSPS) is 19.7. The molecule has 0 spiro atoms. The highest BCUT2D eigenvalue weighted by Crippen LogP contribution is 2.38. The van der Waals surface area contributed by atoms with Crippen molar-refractivity contribution < 1.29 is 4.79 Å². The van der Waals surface area contributed by atoms with Crippen LogP contribution in [0.4, 0.5) is 10.5 Å². The quantitative estimate of drug-likeness (QED) is 0.820. The van der Waals surface area contributed by atoms with Gasteiger partial charge in [-0.3, -0.25) is 4.90 Å². The Balaban J connectivity index is 1.71. The maximum atomic E-state index is 12.4. The van der Waals surface area contributed by atoms with Crippen LogP contribution in [0, 0.1) is 11.8 Å². The predicted octanol–water partition coefficient (Wildman–Crippen LogP) is 2.87. The second-order valence-corrected chi connectivity index (χ2v) is 5.53. The van der Waals surface area contributed by atoms with Gasteiger partial charge in [0.2, 0.25) is 0 Å². The van der Waals surface area contributed by atoms with Crippen LogP contribution in [0.2, 0.25) is 0 Å². The Labute approximate surface area is 129 Å². The standard InChI is InChI=1S/C18H15N3O/c22-18-20-16(11-8-13-5-3-4-12-19-13)15-6-1-2-7-17(15)21(18)14-9-10-14/h1-7,12,14,16H,9-10H2,(H,20,22). The van der Waals surface area contributed by atoms with Crippen LogP contribution in [0.1, 0.15) is 30.1 Å². The van der Waals surface area contributed by atoms with Gasteiger partial charge < -0.3 is 5.32 Å². The summed E-state index contributed by atoms with van der Waals surface area (Å²) >= 11 is 0. The summed E-state index contributed by atoms with van der Waals surface area (Å²) < 4.78 is 0. The lowest BCUT2D eigenvalue weighted by Gasteiger charge is -2.33. The van der Waals surface area contributed by atoms with E-state index in [-0.39, 0.29) is 12.1 Å². The van der Waals surface area contributed by atoms with Crippen molar-refractivity contribution in [3.63, 3.8) is 0 Å². The highest BCUT2D eigenvalue weighted by molar-refractivity contribution is 5.97. The molecule has 1 saturated carbocycles. The number of aromatic nitrogens is 1. The molecular weight excluding hydrogens is 274 g/mol. The number of urea groups is 1. The molecule has 2 aromatic rings. The molecule has 0 bridgehead atoms. The maximum Gasteiger partial charge on any atom is 0.323 e. The average Bonchev–Trinajstić information content (AvgIpc) is 3.38. The molecule has 2 heterocycles. The molecule has 0 radical (unpaired) electrons. The van der Waals surface area contributed by atoms with Crippen molar-refractivity contribution in [1.82, 2.24) is 10.3 Å². The molecule has 1 aromatic heterocycles. The first kappa shape index (κ1) is 12.9. The Morgan fingerprint density at radius 3 is 2.73 bits per heavy atom. The molecule has 1 aliphatic carbocycles. The summed E-state index contributed by atoms with van der Waals surface area (Å²) in [5, 5.41) is 3.00. The molecule has 2 amide bonds. The largest absolute Gasteiger partial charge is 0.323 e. The third-order valence-corrected chi connectivity index (χ3v) is 3.92. The zero-order valence-electron chi connectivity index (χ0n) is 12.0. The second-order valence-electron chi connectivity index (χ2n) is 5.53. The number of hydrogen-bond donors (Lipinski definition) is 1. The molecule has 1 fully saturated rings. The average molecular weight is 289 g/mol. The smallest absolute Gasteiger partial charge is 0.320 e. The van der Waals surface area contributed by atoms with Crippen LogP contribution in [0.5, 0.6) is 0 Å². The number of amides is 2. The summed E-state index contributed by atoms with van der Waals surface area (Å²) in [6.07, 6.45) is 3.87. The number of carbonyl (C=O) groups is 1. The molecule has 4 nitrogen and oxygen atoms in total. The van der Waals surface area contributed by atoms with E-state index in [1.807, 2.05) is 47.4 Å². The predicted molar refractivity (Wildman–Crippen MR) is 84.3 cm³/mol. The minimum Gasteiger partial charge on any atom is -0.320 e. The summed E-state index contributed by atoms with van der Waals surface area (Å²) in [6.45, 7) is 0. The van der Waals surface area contributed by atoms with E-state index in [4.69, 9.17) is 0 Å².